The molecule has 0 bridgehead atoms. The van der Waals surface area contributed by atoms with Gasteiger partial charge in [-0.2, -0.15) is 15.0 Å². The fraction of sp³-hybridized carbons (Fsp3) is 0. The van der Waals surface area contributed by atoms with E-state index in [-0.39, 0.29) is 0 Å². The van der Waals surface area contributed by atoms with Crippen molar-refractivity contribution >= 4 is 0 Å². The number of nitrogens with zero attached hydrogens (tertiary/aromatic N) is 3. The zero-order valence-corrected chi connectivity index (χ0v) is 6.11. The fourth-order valence-electron chi connectivity index (χ4n) is 0.900. The van der Waals surface area contributed by atoms with Gasteiger partial charge in [0.05, 0.1) is 18.1 Å². The Balaban J connectivity index is 2.48. The molecule has 4 heteroatoms. The molecule has 12 heavy (non-hydrogen) atoms. The summed E-state index contributed by atoms with van der Waals surface area (Å²) in [4.78, 5) is 1.34. The van der Waals surface area contributed by atoms with Crippen LogP contribution in [0, 0.1) is 11.9 Å². The molecule has 3 nitrogen and oxygen atoms in total. The molecular weight excluding hydrogens is 157 g/mol. The summed E-state index contributed by atoms with van der Waals surface area (Å²) in [5.41, 5.74) is 0.594. The number of benzene rings is 1. The highest BCUT2D eigenvalue weighted by molar-refractivity contribution is 5.28. The summed E-state index contributed by atoms with van der Waals surface area (Å²) >= 11 is 0. The highest BCUT2D eigenvalue weighted by atomic mass is 19.1. The Morgan fingerprint density at radius 1 is 1.33 bits per heavy atom. The van der Waals surface area contributed by atoms with Gasteiger partial charge in [0.25, 0.3) is 0 Å². The number of hydrogen-bond acceptors (Lipinski definition) is 2. The standard InChI is InChI=1S/C8H5FN3/c9-7-2-1-3-8(6-7)12-10-4-5-11-12/h1,3-6H. The van der Waals surface area contributed by atoms with Crippen molar-refractivity contribution in [3.8, 4) is 5.69 Å². The Labute approximate surface area is 68.4 Å². The van der Waals surface area contributed by atoms with Crippen molar-refractivity contribution in [1.29, 1.82) is 0 Å². The van der Waals surface area contributed by atoms with Gasteiger partial charge in [0.2, 0.25) is 0 Å². The van der Waals surface area contributed by atoms with Crippen LogP contribution in [0.2, 0.25) is 0 Å². The maximum Gasteiger partial charge on any atom is 0.133 e. The molecule has 59 valence electrons. The van der Waals surface area contributed by atoms with Gasteiger partial charge in [-0.3, -0.25) is 0 Å². The molecule has 0 unspecified atom stereocenters. The zero-order chi connectivity index (χ0) is 8.39. The maximum atomic E-state index is 12.6. The topological polar surface area (TPSA) is 30.7 Å². The van der Waals surface area contributed by atoms with Crippen LogP contribution in [0.25, 0.3) is 5.69 Å². The van der Waals surface area contributed by atoms with Crippen molar-refractivity contribution in [3.05, 3.63) is 42.5 Å². The molecule has 0 saturated carbocycles. The quantitative estimate of drug-likeness (QED) is 0.630. The third-order valence-electron chi connectivity index (χ3n) is 1.40. The van der Waals surface area contributed by atoms with E-state index in [9.17, 15) is 4.39 Å². The Morgan fingerprint density at radius 3 is 2.75 bits per heavy atom. The Kier molecular flexibility index (Phi) is 1.59. The Hall–Kier alpha value is -1.71. The first-order valence-electron chi connectivity index (χ1n) is 3.40. The molecular formula is C8H5FN3. The van der Waals surface area contributed by atoms with Gasteiger partial charge in [0.1, 0.15) is 5.82 Å². The number of hydrogen-bond donors (Lipinski definition) is 0. The second-order valence-corrected chi connectivity index (χ2v) is 2.21. The lowest BCUT2D eigenvalue weighted by Gasteiger charge is -1.97. The third kappa shape index (κ3) is 1.18. The molecule has 2 rings (SSSR count). The highest BCUT2D eigenvalue weighted by Crippen LogP contribution is 2.05. The van der Waals surface area contributed by atoms with Crippen LogP contribution in [0.1, 0.15) is 0 Å². The summed E-state index contributed by atoms with van der Waals surface area (Å²) in [5, 5.41) is 7.71. The van der Waals surface area contributed by atoms with Crippen molar-refractivity contribution in [3.63, 3.8) is 0 Å². The van der Waals surface area contributed by atoms with Crippen LogP contribution in [0.3, 0.4) is 0 Å². The molecule has 0 N–H and O–H groups in total. The molecule has 0 aliphatic carbocycles. The van der Waals surface area contributed by atoms with Crippen molar-refractivity contribution in [2.24, 2.45) is 0 Å². The molecule has 1 radical (unpaired) electrons. The summed E-state index contributed by atoms with van der Waals surface area (Å²) < 4.78 is 12.6. The van der Waals surface area contributed by atoms with Crippen LogP contribution in [0.5, 0.6) is 0 Å². The minimum atomic E-state index is -0.412. The van der Waals surface area contributed by atoms with E-state index in [1.54, 1.807) is 6.07 Å². The van der Waals surface area contributed by atoms with Crippen LogP contribution >= 0.6 is 0 Å². The van der Waals surface area contributed by atoms with E-state index in [0.29, 0.717) is 5.69 Å². The molecule has 0 fully saturated rings. The number of rotatable bonds is 1. The van der Waals surface area contributed by atoms with Crippen molar-refractivity contribution in [1.82, 2.24) is 15.0 Å². The largest absolute Gasteiger partial charge is 0.206 e. The van der Waals surface area contributed by atoms with E-state index in [4.69, 9.17) is 0 Å². The fourth-order valence-corrected chi connectivity index (χ4v) is 0.900. The first-order valence-corrected chi connectivity index (χ1v) is 3.40. The molecule has 0 aliphatic rings. The van der Waals surface area contributed by atoms with E-state index in [1.165, 1.54) is 29.3 Å². The molecule has 0 amide bonds. The van der Waals surface area contributed by atoms with Gasteiger partial charge >= 0.3 is 0 Å². The zero-order valence-electron chi connectivity index (χ0n) is 6.11. The first kappa shape index (κ1) is 6.97. The summed E-state index contributed by atoms with van der Waals surface area (Å²) in [5.74, 6) is -0.412. The van der Waals surface area contributed by atoms with Gasteiger partial charge in [-0.15, -0.1) is 0 Å². The molecule has 1 aromatic carbocycles. The predicted molar refractivity (Wildman–Crippen MR) is 40.2 cm³/mol. The van der Waals surface area contributed by atoms with Crippen LogP contribution in [0.15, 0.2) is 30.6 Å². The smallest absolute Gasteiger partial charge is 0.133 e. The Morgan fingerprint density at radius 2 is 2.08 bits per heavy atom. The highest BCUT2D eigenvalue weighted by Gasteiger charge is 1.97. The maximum absolute atomic E-state index is 12.6. The van der Waals surface area contributed by atoms with Crippen LogP contribution < -0.4 is 0 Å². The van der Waals surface area contributed by atoms with Crippen LogP contribution in [-0.4, -0.2) is 15.0 Å². The lowest BCUT2D eigenvalue weighted by atomic mass is 10.3. The minimum absolute atomic E-state index is 0.412. The van der Waals surface area contributed by atoms with Gasteiger partial charge in [0.15, 0.2) is 0 Å². The third-order valence-corrected chi connectivity index (χ3v) is 1.40. The monoisotopic (exact) mass is 162 g/mol. The second-order valence-electron chi connectivity index (χ2n) is 2.21. The lowest BCUT2D eigenvalue weighted by molar-refractivity contribution is 0.620. The van der Waals surface area contributed by atoms with E-state index in [0.717, 1.165) is 0 Å². The molecule has 1 aromatic heterocycles. The SMILES string of the molecule is Fc1[c]ccc(-n2nccn2)c1. The van der Waals surface area contributed by atoms with E-state index in [2.05, 4.69) is 16.3 Å². The molecule has 1 heterocycles. The van der Waals surface area contributed by atoms with Gasteiger partial charge in [-0.1, -0.05) is 0 Å². The van der Waals surface area contributed by atoms with Gasteiger partial charge in [-0.25, -0.2) is 4.39 Å². The van der Waals surface area contributed by atoms with Crippen LogP contribution in [0.4, 0.5) is 4.39 Å². The van der Waals surface area contributed by atoms with E-state index >= 15 is 0 Å². The van der Waals surface area contributed by atoms with Gasteiger partial charge in [-0.05, 0) is 12.1 Å². The van der Waals surface area contributed by atoms with Crippen molar-refractivity contribution < 1.29 is 4.39 Å². The summed E-state index contributed by atoms with van der Waals surface area (Å²) in [6.45, 7) is 0. The number of aromatic nitrogens is 3. The van der Waals surface area contributed by atoms with Crippen LogP contribution in [-0.2, 0) is 0 Å². The van der Waals surface area contributed by atoms with Crippen molar-refractivity contribution in [2.75, 3.05) is 0 Å². The summed E-state index contributed by atoms with van der Waals surface area (Å²) in [6.07, 6.45) is 3.07. The van der Waals surface area contributed by atoms with Gasteiger partial charge < -0.3 is 0 Å². The predicted octanol–water partition coefficient (Wildman–Crippen LogP) is 1.21. The minimum Gasteiger partial charge on any atom is -0.206 e. The molecule has 0 aliphatic heterocycles. The lowest BCUT2D eigenvalue weighted by Crippen LogP contribution is -1.98. The van der Waals surface area contributed by atoms with Crippen molar-refractivity contribution in [2.45, 2.75) is 0 Å². The van der Waals surface area contributed by atoms with E-state index < -0.39 is 5.82 Å². The van der Waals surface area contributed by atoms with Gasteiger partial charge in [0, 0.05) is 12.1 Å². The first-order chi connectivity index (χ1) is 5.86. The normalized spacial score (nSPS) is 10.1. The second kappa shape index (κ2) is 2.73. The molecule has 0 saturated heterocycles. The summed E-state index contributed by atoms with van der Waals surface area (Å²) in [6, 6.07) is 6.90. The summed E-state index contributed by atoms with van der Waals surface area (Å²) in [7, 11) is 0. The molecule has 2 aromatic rings. The average Bonchev–Trinajstić information content (AvgIpc) is 2.56. The molecule has 0 atom stereocenters. The van der Waals surface area contributed by atoms with E-state index in [1.807, 2.05) is 0 Å². The number of halogens is 1. The average molecular weight is 162 g/mol. The molecule has 0 spiro atoms. The Bertz CT molecular complexity index is 370.